The summed E-state index contributed by atoms with van der Waals surface area (Å²) >= 11 is 0. The van der Waals surface area contributed by atoms with E-state index >= 15 is 0 Å². The van der Waals surface area contributed by atoms with Gasteiger partial charge in [-0.2, -0.15) is 43.2 Å². The van der Waals surface area contributed by atoms with Crippen LogP contribution in [0.2, 0.25) is 0 Å². The zero-order valence-corrected chi connectivity index (χ0v) is 26.9. The van der Waals surface area contributed by atoms with Crippen LogP contribution in [0.5, 0.6) is 5.75 Å². The number of alkyl halides is 6. The third-order valence-corrected chi connectivity index (χ3v) is 8.42. The molecule has 42 heavy (non-hydrogen) atoms. The van der Waals surface area contributed by atoms with E-state index in [9.17, 15) is 36.6 Å². The largest absolute Gasteiger partial charge is 0.522 e. The van der Waals surface area contributed by atoms with Gasteiger partial charge in [0.2, 0.25) is 0 Å². The molecule has 0 saturated heterocycles. The minimum absolute atomic E-state index is 0. The smallest absolute Gasteiger partial charge is 0.508 e. The zero-order valence-electron chi connectivity index (χ0n) is 22.7. The van der Waals surface area contributed by atoms with Gasteiger partial charge in [0.05, 0.1) is 6.10 Å². The Labute approximate surface area is 253 Å². The van der Waals surface area contributed by atoms with E-state index in [1.807, 2.05) is 12.1 Å². The average Bonchev–Trinajstić information content (AvgIpc) is 3.00. The van der Waals surface area contributed by atoms with Gasteiger partial charge in [-0.1, -0.05) is 13.0 Å². The van der Waals surface area contributed by atoms with E-state index in [0.29, 0.717) is 17.6 Å². The quantitative estimate of drug-likeness (QED) is 0.0922. The number of phenols is 1. The minimum atomic E-state index is -5.84. The third kappa shape index (κ3) is 11.4. The van der Waals surface area contributed by atoms with E-state index in [1.165, 1.54) is 30.4 Å². The second-order valence-corrected chi connectivity index (χ2v) is 12.1. The number of hydrogen-bond acceptors (Lipinski definition) is 11. The summed E-state index contributed by atoms with van der Waals surface area (Å²) in [6, 6.07) is 5.96. The normalized spacial score (nSPS) is 25.7. The van der Waals surface area contributed by atoms with Crippen molar-refractivity contribution >= 4 is 20.2 Å². The molecule has 0 bridgehead atoms. The summed E-state index contributed by atoms with van der Waals surface area (Å²) in [6.45, 7) is 2.32. The SMILES string of the molecule is C[C@]12CC[C@@H]3c4ccc(O)cc4CC[C@H]3[C@@H]1CC[C@@H]2O.N.N.N.N.N.O=S(=O)(O)C(F)(F)F.O=S(=O)(O)C(F)(F)F.[Os]. The predicted molar refractivity (Wildman–Crippen MR) is 139 cm³/mol. The van der Waals surface area contributed by atoms with Gasteiger partial charge in [-0.05, 0) is 85.0 Å². The Morgan fingerprint density at radius 2 is 1.24 bits per heavy atom. The fourth-order valence-corrected chi connectivity index (χ4v) is 5.54. The second kappa shape index (κ2) is 17.3. The molecule has 0 heterocycles. The van der Waals surface area contributed by atoms with Crippen molar-refractivity contribution in [3.05, 3.63) is 29.3 Å². The molecule has 2 saturated carbocycles. The summed E-state index contributed by atoms with van der Waals surface area (Å²) in [5.41, 5.74) is -8.08. The molecule has 0 aliphatic heterocycles. The molecule has 256 valence electrons. The van der Waals surface area contributed by atoms with Crippen LogP contribution in [0.4, 0.5) is 26.3 Å². The fraction of sp³-hybridized carbons (Fsp3) is 0.700. The molecule has 0 spiro atoms. The monoisotopic (exact) mass is 849 g/mol. The van der Waals surface area contributed by atoms with Crippen LogP contribution in [-0.4, -0.2) is 53.3 Å². The Bertz CT molecular complexity index is 1140. The van der Waals surface area contributed by atoms with Crippen LogP contribution < -0.4 is 30.8 Å². The van der Waals surface area contributed by atoms with Crippen molar-refractivity contribution in [1.82, 2.24) is 30.8 Å². The minimum Gasteiger partial charge on any atom is -0.508 e. The first kappa shape index (κ1) is 50.4. The Morgan fingerprint density at radius 1 is 0.810 bits per heavy atom. The molecule has 1 aromatic rings. The second-order valence-electron chi connectivity index (χ2n) is 9.28. The van der Waals surface area contributed by atoms with Crippen LogP contribution >= 0.6 is 0 Å². The number of phenolic OH excluding ortho intramolecular Hbond substituents is 1. The number of aromatic hydroxyl groups is 1. The van der Waals surface area contributed by atoms with Gasteiger partial charge in [0.1, 0.15) is 5.75 Å². The Kier molecular flexibility index (Phi) is 20.8. The average molecular weight is 848 g/mol. The maximum Gasteiger partial charge on any atom is 0.522 e. The molecule has 3 aliphatic carbocycles. The molecule has 1 aromatic carbocycles. The van der Waals surface area contributed by atoms with Crippen molar-refractivity contribution in [3.8, 4) is 5.75 Å². The van der Waals surface area contributed by atoms with Crippen molar-refractivity contribution in [3.63, 3.8) is 0 Å². The van der Waals surface area contributed by atoms with Crippen molar-refractivity contribution in [2.75, 3.05) is 0 Å². The molecule has 2 fully saturated rings. The number of benzene rings is 1. The summed E-state index contributed by atoms with van der Waals surface area (Å²) in [7, 11) is -11.7. The molecule has 5 atom stereocenters. The molecule has 3 aliphatic rings. The van der Waals surface area contributed by atoms with E-state index in [2.05, 4.69) is 13.0 Å². The topological polar surface area (TPSA) is 324 Å². The molecular weight excluding hydrogens is 807 g/mol. The summed E-state index contributed by atoms with van der Waals surface area (Å²) in [5, 5.41) is 20.0. The van der Waals surface area contributed by atoms with Gasteiger partial charge in [-0.15, -0.1) is 0 Å². The molecule has 4 rings (SSSR count). The van der Waals surface area contributed by atoms with Gasteiger partial charge >= 0.3 is 31.3 Å². The summed E-state index contributed by atoms with van der Waals surface area (Å²) in [6.07, 6.45) is 6.78. The number of fused-ring (bicyclic) bond motifs is 5. The molecule has 19 N–H and O–H groups in total. The van der Waals surface area contributed by atoms with Crippen LogP contribution in [0.3, 0.4) is 0 Å². The maximum atomic E-state index is 10.7. The molecule has 0 radical (unpaired) electrons. The van der Waals surface area contributed by atoms with Gasteiger partial charge < -0.3 is 41.0 Å². The van der Waals surface area contributed by atoms with Crippen LogP contribution in [0.1, 0.15) is 56.1 Å². The van der Waals surface area contributed by atoms with Gasteiger partial charge in [-0.25, -0.2) is 0 Å². The molecule has 0 unspecified atom stereocenters. The van der Waals surface area contributed by atoms with E-state index in [-0.39, 0.29) is 62.1 Å². The number of halogens is 6. The molecule has 0 amide bonds. The van der Waals surface area contributed by atoms with E-state index in [0.717, 1.165) is 25.2 Å². The number of rotatable bonds is 0. The number of aliphatic hydroxyl groups excluding tert-OH is 1. The van der Waals surface area contributed by atoms with Gasteiger partial charge in [0.25, 0.3) is 0 Å². The number of hydrogen-bond donors (Lipinski definition) is 9. The molecule has 0 aromatic heterocycles. The van der Waals surface area contributed by atoms with E-state index < -0.39 is 31.3 Å². The van der Waals surface area contributed by atoms with Gasteiger partial charge in [0, 0.05) is 19.8 Å². The van der Waals surface area contributed by atoms with Crippen LogP contribution in [0.15, 0.2) is 18.2 Å². The van der Waals surface area contributed by atoms with Crippen molar-refractivity contribution in [1.29, 1.82) is 0 Å². The number of aryl methyl sites for hydroxylation is 1. The van der Waals surface area contributed by atoms with E-state index in [1.54, 1.807) is 0 Å². The zero-order chi connectivity index (χ0) is 27.9. The van der Waals surface area contributed by atoms with Crippen molar-refractivity contribution in [2.24, 2.45) is 17.3 Å². The van der Waals surface area contributed by atoms with Gasteiger partial charge in [-0.3, -0.25) is 9.11 Å². The maximum absolute atomic E-state index is 10.7. The Balaban J connectivity index is -0.000000180. The number of aliphatic hydroxyl groups is 1. The standard InChI is InChI=1S/C18H24O2.2CHF3O3S.5H3N.Os/c1-18-9-8-14-13-5-3-12(19)10-11(13)2-4-15(14)16(18)6-7-17(18)20;2*2-1(3,4)8(5,6)7;;;;;;/h3,5,10,14-17,19-20H,2,4,6-9H2,1H3;2*(H,5,6,7);5*1H3;/t14-,15-,16+,17+,18+;;;;;;;;/m1......../s1. The van der Waals surface area contributed by atoms with Crippen molar-refractivity contribution in [2.45, 2.75) is 68.5 Å². The van der Waals surface area contributed by atoms with Gasteiger partial charge in [0.15, 0.2) is 0 Å². The first-order valence-corrected chi connectivity index (χ1v) is 13.5. The fourth-order valence-electron chi connectivity index (χ4n) is 5.54. The summed E-state index contributed by atoms with van der Waals surface area (Å²) in [5.74, 6) is 2.49. The van der Waals surface area contributed by atoms with Crippen LogP contribution in [0, 0.1) is 17.3 Å². The molecule has 22 heteroatoms. The van der Waals surface area contributed by atoms with Crippen LogP contribution in [0.25, 0.3) is 0 Å². The first-order valence-electron chi connectivity index (χ1n) is 10.7. The summed E-state index contributed by atoms with van der Waals surface area (Å²) < 4.78 is 115. The molecular formula is C20H41F6N5O8OsS2. The Hall–Kier alpha value is -1.18. The van der Waals surface area contributed by atoms with Crippen molar-refractivity contribution < 1.29 is 82.3 Å². The predicted octanol–water partition coefficient (Wildman–Crippen LogP) is 5.20. The summed E-state index contributed by atoms with van der Waals surface area (Å²) in [4.78, 5) is 0. The van der Waals surface area contributed by atoms with Crippen LogP contribution in [-0.2, 0) is 46.4 Å². The van der Waals surface area contributed by atoms with E-state index in [4.69, 9.17) is 25.9 Å². The Morgan fingerprint density at radius 3 is 1.64 bits per heavy atom. The third-order valence-electron chi connectivity index (χ3n) is 7.25. The molecule has 13 nitrogen and oxygen atoms in total. The first-order chi connectivity index (χ1) is 16.1.